The van der Waals surface area contributed by atoms with Gasteiger partial charge in [0.2, 0.25) is 0 Å². The lowest BCUT2D eigenvalue weighted by molar-refractivity contribution is 0.0669. The lowest BCUT2D eigenvalue weighted by atomic mass is 10.1. The predicted octanol–water partition coefficient (Wildman–Crippen LogP) is 6.25. The van der Waals surface area contributed by atoms with E-state index in [0.29, 0.717) is 46.2 Å². The smallest absolute Gasteiger partial charge is 0.266 e. The summed E-state index contributed by atoms with van der Waals surface area (Å²) in [6, 6.07) is 27.7. The minimum absolute atomic E-state index is 0.113. The van der Waals surface area contributed by atoms with Gasteiger partial charge in [-0.3, -0.25) is 14.2 Å². The Bertz CT molecular complexity index is 1580. The van der Waals surface area contributed by atoms with E-state index < -0.39 is 6.04 Å². The molecule has 0 saturated heterocycles. The molecule has 5 rings (SSSR count). The minimum atomic E-state index is -0.526. The summed E-state index contributed by atoms with van der Waals surface area (Å²) in [5.41, 5.74) is 1.96. The Morgan fingerprint density at radius 1 is 0.973 bits per heavy atom. The number of thiophene rings is 1. The van der Waals surface area contributed by atoms with Crippen LogP contribution in [0.5, 0.6) is 5.75 Å². The van der Waals surface area contributed by atoms with Crippen LogP contribution in [0.1, 0.15) is 40.9 Å². The number of amides is 1. The minimum Gasteiger partial charge on any atom is -0.492 e. The van der Waals surface area contributed by atoms with Gasteiger partial charge in [-0.1, -0.05) is 60.7 Å². The molecule has 7 heteroatoms. The summed E-state index contributed by atoms with van der Waals surface area (Å²) in [5.74, 6) is 0.937. The molecular weight excluding hydrogens is 482 g/mol. The number of fused-ring (bicyclic) bond motifs is 1. The van der Waals surface area contributed by atoms with Crippen molar-refractivity contribution in [2.75, 3.05) is 6.61 Å². The number of hydrogen-bond donors (Lipinski definition) is 0. The Labute approximate surface area is 219 Å². The molecule has 6 nitrogen and oxygen atoms in total. The largest absolute Gasteiger partial charge is 0.492 e. The van der Waals surface area contributed by atoms with Crippen LogP contribution in [0.25, 0.3) is 16.6 Å². The normalized spacial score (nSPS) is 11.8. The summed E-state index contributed by atoms with van der Waals surface area (Å²) in [4.78, 5) is 35.1. The van der Waals surface area contributed by atoms with Crippen molar-refractivity contribution in [3.8, 4) is 11.4 Å². The highest BCUT2D eigenvalue weighted by atomic mass is 32.1. The van der Waals surface area contributed by atoms with Crippen molar-refractivity contribution in [3.05, 3.63) is 123 Å². The van der Waals surface area contributed by atoms with Gasteiger partial charge in [0, 0.05) is 6.54 Å². The van der Waals surface area contributed by atoms with E-state index in [1.807, 2.05) is 104 Å². The zero-order valence-corrected chi connectivity index (χ0v) is 21.5. The number of benzene rings is 3. The summed E-state index contributed by atoms with van der Waals surface area (Å²) in [6.45, 7) is 4.65. The maximum absolute atomic E-state index is 14.0. The summed E-state index contributed by atoms with van der Waals surface area (Å²) >= 11 is 1.40. The van der Waals surface area contributed by atoms with E-state index in [2.05, 4.69) is 0 Å². The highest BCUT2D eigenvalue weighted by Gasteiger charge is 2.29. The molecule has 3 aromatic carbocycles. The number of ether oxygens (including phenoxy) is 1. The Hall–Kier alpha value is -4.23. The molecule has 0 aliphatic heterocycles. The second kappa shape index (κ2) is 10.8. The van der Waals surface area contributed by atoms with Gasteiger partial charge in [0.15, 0.2) is 0 Å². The fourth-order valence-electron chi connectivity index (χ4n) is 4.43. The van der Waals surface area contributed by atoms with E-state index in [4.69, 9.17) is 9.72 Å². The van der Waals surface area contributed by atoms with Crippen LogP contribution in [0.4, 0.5) is 0 Å². The molecule has 186 valence electrons. The summed E-state index contributed by atoms with van der Waals surface area (Å²) in [5, 5.41) is 2.39. The number of hydrogen-bond acceptors (Lipinski definition) is 5. The van der Waals surface area contributed by atoms with Crippen LogP contribution in [0, 0.1) is 0 Å². The predicted molar refractivity (Wildman–Crippen MR) is 148 cm³/mol. The molecular formula is C30H27N3O3S. The third-order valence-corrected chi connectivity index (χ3v) is 7.10. The monoisotopic (exact) mass is 509 g/mol. The van der Waals surface area contributed by atoms with Gasteiger partial charge in [-0.15, -0.1) is 11.3 Å². The standard InChI is InChI=1S/C30H27N3O3S/c1-3-36-26-17-10-9-16-25(26)33-28(31-24-15-8-7-14-23(24)29(33)34)21(2)32(20-22-12-5-4-6-13-22)30(35)27-18-11-19-37-27/h4-19,21H,3,20H2,1-2H3. The van der Waals surface area contributed by atoms with Gasteiger partial charge in [-0.05, 0) is 55.1 Å². The maximum atomic E-state index is 14.0. The first-order chi connectivity index (χ1) is 18.1. The van der Waals surface area contributed by atoms with Crippen LogP contribution >= 0.6 is 11.3 Å². The molecule has 1 unspecified atom stereocenters. The van der Waals surface area contributed by atoms with E-state index >= 15 is 0 Å². The number of carbonyl (C=O) groups excluding carboxylic acids is 1. The van der Waals surface area contributed by atoms with Gasteiger partial charge in [-0.2, -0.15) is 0 Å². The molecule has 1 amide bonds. The van der Waals surface area contributed by atoms with Crippen LogP contribution in [-0.4, -0.2) is 27.0 Å². The van der Waals surface area contributed by atoms with Gasteiger partial charge < -0.3 is 9.64 Å². The maximum Gasteiger partial charge on any atom is 0.266 e. The van der Waals surface area contributed by atoms with Crippen molar-refractivity contribution < 1.29 is 9.53 Å². The number of carbonyl (C=O) groups is 1. The molecule has 0 bridgehead atoms. The molecule has 2 heterocycles. The molecule has 0 fully saturated rings. The Balaban J connectivity index is 1.72. The van der Waals surface area contributed by atoms with Crippen LogP contribution in [0.2, 0.25) is 0 Å². The quantitative estimate of drug-likeness (QED) is 0.248. The Kier molecular flexibility index (Phi) is 7.14. The SMILES string of the molecule is CCOc1ccccc1-n1c(C(C)N(Cc2ccccc2)C(=O)c2cccs2)nc2ccccc2c1=O. The molecule has 1 atom stereocenters. The second-order valence-corrected chi connectivity index (χ2v) is 9.55. The van der Waals surface area contributed by atoms with Gasteiger partial charge in [-0.25, -0.2) is 4.98 Å². The third kappa shape index (κ3) is 4.90. The highest BCUT2D eigenvalue weighted by Crippen LogP contribution is 2.30. The van der Waals surface area contributed by atoms with Crippen molar-refractivity contribution in [1.29, 1.82) is 0 Å². The zero-order chi connectivity index (χ0) is 25.8. The molecule has 37 heavy (non-hydrogen) atoms. The van der Waals surface area contributed by atoms with Crippen LogP contribution in [-0.2, 0) is 6.54 Å². The van der Waals surface area contributed by atoms with Crippen molar-refractivity contribution in [2.24, 2.45) is 0 Å². The molecule has 0 radical (unpaired) electrons. The molecule has 0 aliphatic carbocycles. The molecule has 0 saturated carbocycles. The van der Waals surface area contributed by atoms with Crippen molar-refractivity contribution in [2.45, 2.75) is 26.4 Å². The lowest BCUT2D eigenvalue weighted by Crippen LogP contribution is -2.37. The number of aromatic nitrogens is 2. The molecule has 0 N–H and O–H groups in total. The van der Waals surface area contributed by atoms with Crippen LogP contribution < -0.4 is 10.3 Å². The first-order valence-electron chi connectivity index (χ1n) is 12.2. The van der Waals surface area contributed by atoms with E-state index in [1.54, 1.807) is 15.5 Å². The molecule has 2 aromatic heterocycles. The van der Waals surface area contributed by atoms with Crippen LogP contribution in [0.15, 0.2) is 101 Å². The summed E-state index contributed by atoms with van der Waals surface area (Å²) < 4.78 is 7.48. The van der Waals surface area contributed by atoms with E-state index in [1.165, 1.54) is 11.3 Å². The van der Waals surface area contributed by atoms with Crippen molar-refractivity contribution in [1.82, 2.24) is 14.5 Å². The summed E-state index contributed by atoms with van der Waals surface area (Å²) in [6.07, 6.45) is 0. The third-order valence-electron chi connectivity index (χ3n) is 6.24. The number of para-hydroxylation sites is 3. The average molecular weight is 510 g/mol. The average Bonchev–Trinajstić information content (AvgIpc) is 3.48. The Morgan fingerprint density at radius 2 is 1.70 bits per heavy atom. The van der Waals surface area contributed by atoms with E-state index in [-0.39, 0.29) is 11.5 Å². The topological polar surface area (TPSA) is 64.4 Å². The highest BCUT2D eigenvalue weighted by molar-refractivity contribution is 7.12. The molecule has 5 aromatic rings. The summed E-state index contributed by atoms with van der Waals surface area (Å²) in [7, 11) is 0. The first-order valence-corrected chi connectivity index (χ1v) is 13.1. The van der Waals surface area contributed by atoms with Crippen molar-refractivity contribution in [3.63, 3.8) is 0 Å². The fourth-order valence-corrected chi connectivity index (χ4v) is 5.11. The van der Waals surface area contributed by atoms with Crippen molar-refractivity contribution >= 4 is 28.1 Å². The van der Waals surface area contributed by atoms with Gasteiger partial charge in [0.05, 0.1) is 34.1 Å². The van der Waals surface area contributed by atoms with Gasteiger partial charge in [0.25, 0.3) is 11.5 Å². The second-order valence-electron chi connectivity index (χ2n) is 8.60. The fraction of sp³-hybridized carbons (Fsp3) is 0.167. The first kappa shape index (κ1) is 24.5. The number of nitrogens with zero attached hydrogens (tertiary/aromatic N) is 3. The van der Waals surface area contributed by atoms with E-state index in [9.17, 15) is 9.59 Å². The Morgan fingerprint density at radius 3 is 2.46 bits per heavy atom. The van der Waals surface area contributed by atoms with E-state index in [0.717, 1.165) is 5.56 Å². The van der Waals surface area contributed by atoms with Gasteiger partial charge >= 0.3 is 0 Å². The molecule has 0 spiro atoms. The van der Waals surface area contributed by atoms with Crippen LogP contribution in [0.3, 0.4) is 0 Å². The lowest BCUT2D eigenvalue weighted by Gasteiger charge is -2.30. The number of rotatable bonds is 8. The molecule has 0 aliphatic rings. The zero-order valence-electron chi connectivity index (χ0n) is 20.7. The van der Waals surface area contributed by atoms with Gasteiger partial charge in [0.1, 0.15) is 11.6 Å².